The second-order valence-corrected chi connectivity index (χ2v) is 8.07. The summed E-state index contributed by atoms with van der Waals surface area (Å²) in [6.45, 7) is 1.92. The smallest absolute Gasteiger partial charge is 0.344 e. The number of nitrogens with two attached hydrogens (primary N) is 1. The highest BCUT2D eigenvalue weighted by Crippen LogP contribution is 2.35. The number of hydrogen-bond acceptors (Lipinski definition) is 6. The average Bonchev–Trinajstić information content (AvgIpc) is 3.31. The van der Waals surface area contributed by atoms with Gasteiger partial charge in [-0.15, -0.1) is 0 Å². The summed E-state index contributed by atoms with van der Waals surface area (Å²) in [6, 6.07) is 13.5. The fraction of sp³-hybridized carbons (Fsp3) is 0.192. The van der Waals surface area contributed by atoms with Crippen molar-refractivity contribution in [2.45, 2.75) is 26.0 Å². The van der Waals surface area contributed by atoms with Crippen molar-refractivity contribution in [3.8, 4) is 39.8 Å². The van der Waals surface area contributed by atoms with Crippen LogP contribution in [-0.4, -0.2) is 31.9 Å². The molecule has 186 valence electrons. The van der Waals surface area contributed by atoms with Gasteiger partial charge in [-0.2, -0.15) is 10.1 Å². The number of carbonyl (C=O) groups is 1. The number of aryl methyl sites for hydroxylation is 1. The van der Waals surface area contributed by atoms with Gasteiger partial charge in [0, 0.05) is 31.4 Å². The molecule has 0 bridgehead atoms. The van der Waals surface area contributed by atoms with E-state index in [2.05, 4.69) is 10.1 Å². The van der Waals surface area contributed by atoms with Gasteiger partial charge < -0.3 is 20.3 Å². The Balaban J connectivity index is 1.76. The molecule has 36 heavy (non-hydrogen) atoms. The molecule has 0 aliphatic carbocycles. The minimum Gasteiger partial charge on any atom is -0.479 e. The molecule has 2 aromatic carbocycles. The van der Waals surface area contributed by atoms with E-state index in [1.807, 2.05) is 36.5 Å². The van der Waals surface area contributed by atoms with Gasteiger partial charge in [0.05, 0.1) is 6.20 Å². The van der Waals surface area contributed by atoms with E-state index in [0.717, 1.165) is 27.8 Å². The van der Waals surface area contributed by atoms with E-state index in [1.54, 1.807) is 37.0 Å². The fourth-order valence-corrected chi connectivity index (χ4v) is 3.58. The Labute approximate surface area is 205 Å². The molecule has 4 aromatic rings. The van der Waals surface area contributed by atoms with Crippen molar-refractivity contribution in [1.82, 2.24) is 14.8 Å². The highest BCUT2D eigenvalue weighted by atomic mass is 19.1. The molecule has 10 heteroatoms. The van der Waals surface area contributed by atoms with Crippen LogP contribution in [0.15, 0.2) is 60.9 Å². The predicted molar refractivity (Wildman–Crippen MR) is 129 cm³/mol. The van der Waals surface area contributed by atoms with Crippen LogP contribution in [-0.2, 0) is 18.4 Å². The molecule has 0 aliphatic rings. The number of carboxylic acids is 1. The molecule has 3 N–H and O–H groups in total. The van der Waals surface area contributed by atoms with Gasteiger partial charge >= 0.3 is 5.97 Å². The van der Waals surface area contributed by atoms with Crippen molar-refractivity contribution in [3.63, 3.8) is 0 Å². The van der Waals surface area contributed by atoms with Gasteiger partial charge in [-0.3, -0.25) is 4.68 Å². The van der Waals surface area contributed by atoms with Gasteiger partial charge in [-0.25, -0.2) is 13.6 Å². The summed E-state index contributed by atoms with van der Waals surface area (Å²) in [5, 5.41) is 13.4. The van der Waals surface area contributed by atoms with Crippen LogP contribution in [0.4, 0.5) is 8.78 Å². The molecule has 0 saturated carbocycles. The number of ether oxygens (including phenoxy) is 2. The summed E-state index contributed by atoms with van der Waals surface area (Å²) in [4.78, 5) is 15.1. The van der Waals surface area contributed by atoms with Crippen LogP contribution in [0, 0.1) is 11.6 Å². The van der Waals surface area contributed by atoms with E-state index in [9.17, 15) is 18.7 Å². The SMILES string of the molecule is CCC(Oc1nc(Oc2cc(-c3cccc(CN)c3)cc(-c3cnn(C)c3)c2)c(F)cc1F)C(=O)O. The van der Waals surface area contributed by atoms with Crippen LogP contribution in [0.3, 0.4) is 0 Å². The first-order chi connectivity index (χ1) is 17.3. The highest BCUT2D eigenvalue weighted by molar-refractivity contribution is 5.75. The number of nitrogens with zero attached hydrogens (tertiary/aromatic N) is 3. The van der Waals surface area contributed by atoms with E-state index in [1.165, 1.54) is 0 Å². The molecule has 0 amide bonds. The minimum atomic E-state index is -1.35. The zero-order valence-corrected chi connectivity index (χ0v) is 19.6. The second-order valence-electron chi connectivity index (χ2n) is 8.07. The van der Waals surface area contributed by atoms with Crippen LogP contribution >= 0.6 is 0 Å². The monoisotopic (exact) mass is 494 g/mol. The molecule has 2 heterocycles. The summed E-state index contributed by atoms with van der Waals surface area (Å²) < 4.78 is 41.4. The van der Waals surface area contributed by atoms with Crippen LogP contribution in [0.5, 0.6) is 17.5 Å². The summed E-state index contributed by atoms with van der Waals surface area (Å²) in [5.41, 5.74) is 9.88. The first-order valence-electron chi connectivity index (χ1n) is 11.1. The normalized spacial score (nSPS) is 11.8. The zero-order valence-electron chi connectivity index (χ0n) is 19.6. The third-order valence-corrected chi connectivity index (χ3v) is 5.42. The van der Waals surface area contributed by atoms with E-state index < -0.39 is 35.5 Å². The number of aliphatic carboxylic acids is 1. The standard InChI is InChI=1S/C26H24F2N4O4/c1-3-23(26(33)34)36-25-22(28)11-21(27)24(31-25)35-20-9-17(16-6-4-5-15(7-16)12-29)8-18(10-20)19-13-30-32(2)14-19/h4-11,13-14,23H,3,12,29H2,1-2H3,(H,33,34). The van der Waals surface area contributed by atoms with Crippen molar-refractivity contribution >= 4 is 5.97 Å². The lowest BCUT2D eigenvalue weighted by Gasteiger charge is -2.15. The molecule has 2 aromatic heterocycles. The van der Waals surface area contributed by atoms with E-state index >= 15 is 0 Å². The van der Waals surface area contributed by atoms with Crippen LogP contribution in [0.2, 0.25) is 0 Å². The maximum absolute atomic E-state index is 14.6. The Bertz CT molecular complexity index is 1410. The van der Waals surface area contributed by atoms with Gasteiger partial charge in [0.15, 0.2) is 17.7 Å². The van der Waals surface area contributed by atoms with Gasteiger partial charge in [0.25, 0.3) is 11.8 Å². The zero-order chi connectivity index (χ0) is 25.8. The van der Waals surface area contributed by atoms with Crippen molar-refractivity contribution in [1.29, 1.82) is 0 Å². The maximum Gasteiger partial charge on any atom is 0.344 e. The Morgan fingerprint density at radius 2 is 1.78 bits per heavy atom. The van der Waals surface area contributed by atoms with Crippen molar-refractivity contribution < 1.29 is 28.2 Å². The third-order valence-electron chi connectivity index (χ3n) is 5.42. The number of hydrogen-bond donors (Lipinski definition) is 2. The lowest BCUT2D eigenvalue weighted by atomic mass is 9.98. The summed E-state index contributed by atoms with van der Waals surface area (Å²) >= 11 is 0. The van der Waals surface area contributed by atoms with Crippen molar-refractivity contribution in [2.24, 2.45) is 12.8 Å². The number of carboxylic acid groups (broad SMARTS) is 1. The number of pyridine rings is 1. The highest BCUT2D eigenvalue weighted by Gasteiger charge is 2.22. The van der Waals surface area contributed by atoms with Gasteiger partial charge in [-0.05, 0) is 52.9 Å². The number of halogens is 2. The average molecular weight is 494 g/mol. The Morgan fingerprint density at radius 1 is 1.06 bits per heavy atom. The molecule has 1 atom stereocenters. The molecule has 0 fully saturated rings. The van der Waals surface area contributed by atoms with Crippen molar-refractivity contribution in [3.05, 3.63) is 78.1 Å². The lowest BCUT2D eigenvalue weighted by Crippen LogP contribution is -2.26. The van der Waals surface area contributed by atoms with Crippen LogP contribution < -0.4 is 15.2 Å². The van der Waals surface area contributed by atoms with Crippen LogP contribution in [0.1, 0.15) is 18.9 Å². The molecule has 0 spiro atoms. The molecule has 0 radical (unpaired) electrons. The van der Waals surface area contributed by atoms with Gasteiger partial charge in [0.2, 0.25) is 0 Å². The first kappa shape index (κ1) is 24.8. The molecule has 0 saturated heterocycles. The minimum absolute atomic E-state index is 0.0579. The van der Waals surface area contributed by atoms with Gasteiger partial charge in [-0.1, -0.05) is 25.1 Å². The fourth-order valence-electron chi connectivity index (χ4n) is 3.58. The topological polar surface area (TPSA) is 112 Å². The molecule has 1 unspecified atom stereocenters. The molecule has 0 aliphatic heterocycles. The van der Waals surface area contributed by atoms with Gasteiger partial charge in [0.1, 0.15) is 5.75 Å². The summed E-state index contributed by atoms with van der Waals surface area (Å²) in [6.07, 6.45) is 2.21. The third kappa shape index (κ3) is 5.49. The molecule has 4 rings (SSSR count). The number of aromatic nitrogens is 3. The van der Waals surface area contributed by atoms with E-state index in [-0.39, 0.29) is 12.2 Å². The second kappa shape index (κ2) is 10.5. The molecular weight excluding hydrogens is 470 g/mol. The lowest BCUT2D eigenvalue weighted by molar-refractivity contribution is -0.145. The number of benzene rings is 2. The molecule has 8 nitrogen and oxygen atoms in total. The first-order valence-corrected chi connectivity index (χ1v) is 11.1. The predicted octanol–water partition coefficient (Wildman–Crippen LogP) is 4.92. The Kier molecular flexibility index (Phi) is 7.25. The number of rotatable bonds is 9. The van der Waals surface area contributed by atoms with E-state index in [4.69, 9.17) is 15.2 Å². The Hall–Kier alpha value is -4.31. The largest absolute Gasteiger partial charge is 0.479 e. The van der Waals surface area contributed by atoms with E-state index in [0.29, 0.717) is 12.6 Å². The quantitative estimate of drug-likeness (QED) is 0.340. The summed E-state index contributed by atoms with van der Waals surface area (Å²) in [7, 11) is 1.79. The van der Waals surface area contributed by atoms with Crippen LogP contribution in [0.25, 0.3) is 22.3 Å². The maximum atomic E-state index is 14.6. The molecular formula is C26H24F2N4O4. The van der Waals surface area contributed by atoms with Crippen molar-refractivity contribution in [2.75, 3.05) is 0 Å². The summed E-state index contributed by atoms with van der Waals surface area (Å²) in [5.74, 6) is -4.50. The Morgan fingerprint density at radius 3 is 2.42 bits per heavy atom.